The standard InChI is InChI=1S/C21H30N4O/c1-2-7-17(6-1)12-21-23-13-19(24-21)14-25-11-5-9-20(15-25)26-16-18-8-3-4-10-22-18/h3-4,8,10,13,17,20H,1-2,5-7,9,11-12,14-16H2,(H,23,24)/t20-/m0/s1. The molecular weight excluding hydrogens is 324 g/mol. The number of aromatic amines is 1. The predicted octanol–water partition coefficient (Wildman–Crippen LogP) is 3.72. The van der Waals surface area contributed by atoms with Crippen molar-refractivity contribution in [1.29, 1.82) is 0 Å². The first-order valence-corrected chi connectivity index (χ1v) is 10.1. The molecule has 2 aliphatic rings. The van der Waals surface area contributed by atoms with Crippen LogP contribution in [-0.4, -0.2) is 39.0 Å². The molecule has 0 amide bonds. The van der Waals surface area contributed by atoms with E-state index >= 15 is 0 Å². The Labute approximate surface area is 156 Å². The van der Waals surface area contributed by atoms with E-state index in [1.54, 1.807) is 0 Å². The van der Waals surface area contributed by atoms with E-state index in [1.165, 1.54) is 43.6 Å². The SMILES string of the molecule is c1ccc(CO[C@H]2CCCN(Cc3cnc(CC4CCCC4)[nH]3)C2)nc1. The molecule has 1 saturated carbocycles. The van der Waals surface area contributed by atoms with E-state index in [1.807, 2.05) is 30.6 Å². The summed E-state index contributed by atoms with van der Waals surface area (Å²) in [6.45, 7) is 3.68. The van der Waals surface area contributed by atoms with Crippen molar-refractivity contribution >= 4 is 0 Å². The summed E-state index contributed by atoms with van der Waals surface area (Å²) in [6.07, 6.45) is 13.1. The molecule has 1 saturated heterocycles. The highest BCUT2D eigenvalue weighted by molar-refractivity contribution is 5.03. The van der Waals surface area contributed by atoms with Crippen LogP contribution < -0.4 is 0 Å². The Morgan fingerprint density at radius 2 is 2.04 bits per heavy atom. The second-order valence-electron chi connectivity index (χ2n) is 7.84. The van der Waals surface area contributed by atoms with Crippen LogP contribution in [0.1, 0.15) is 55.7 Å². The van der Waals surface area contributed by atoms with Gasteiger partial charge in [0.1, 0.15) is 5.82 Å². The van der Waals surface area contributed by atoms with Gasteiger partial charge in [-0.2, -0.15) is 0 Å². The second kappa shape index (κ2) is 8.78. The molecule has 26 heavy (non-hydrogen) atoms. The van der Waals surface area contributed by atoms with Crippen molar-refractivity contribution < 1.29 is 4.74 Å². The fourth-order valence-electron chi connectivity index (χ4n) is 4.30. The molecule has 0 aromatic carbocycles. The van der Waals surface area contributed by atoms with Gasteiger partial charge in [-0.25, -0.2) is 4.98 Å². The van der Waals surface area contributed by atoms with Crippen molar-refractivity contribution in [2.24, 2.45) is 5.92 Å². The van der Waals surface area contributed by atoms with Gasteiger partial charge in [0, 0.05) is 37.6 Å². The highest BCUT2D eigenvalue weighted by Crippen LogP contribution is 2.27. The molecule has 5 nitrogen and oxygen atoms in total. The molecular formula is C21H30N4O. The van der Waals surface area contributed by atoms with Crippen LogP contribution in [0.25, 0.3) is 0 Å². The Hall–Kier alpha value is -1.72. The molecule has 2 fully saturated rings. The number of ether oxygens (including phenoxy) is 1. The van der Waals surface area contributed by atoms with Crippen LogP contribution in [-0.2, 0) is 24.3 Å². The van der Waals surface area contributed by atoms with E-state index in [2.05, 4.69) is 19.9 Å². The van der Waals surface area contributed by atoms with Crippen molar-refractivity contribution in [3.8, 4) is 0 Å². The summed E-state index contributed by atoms with van der Waals surface area (Å²) in [6, 6.07) is 5.98. The highest BCUT2D eigenvalue weighted by Gasteiger charge is 2.22. The van der Waals surface area contributed by atoms with E-state index in [-0.39, 0.29) is 0 Å². The summed E-state index contributed by atoms with van der Waals surface area (Å²) in [5.41, 5.74) is 2.25. The van der Waals surface area contributed by atoms with Crippen LogP contribution >= 0.6 is 0 Å². The largest absolute Gasteiger partial charge is 0.371 e. The lowest BCUT2D eigenvalue weighted by Crippen LogP contribution is -2.39. The lowest BCUT2D eigenvalue weighted by Gasteiger charge is -2.32. The number of pyridine rings is 1. The number of imidazole rings is 1. The van der Waals surface area contributed by atoms with Crippen LogP contribution in [0.4, 0.5) is 0 Å². The van der Waals surface area contributed by atoms with Gasteiger partial charge in [0.05, 0.1) is 18.4 Å². The molecule has 1 aliphatic heterocycles. The first-order chi connectivity index (χ1) is 12.8. The normalized spacial score (nSPS) is 22.1. The molecule has 140 valence electrons. The number of H-pyrrole nitrogens is 1. The first-order valence-electron chi connectivity index (χ1n) is 10.1. The van der Waals surface area contributed by atoms with E-state index in [9.17, 15) is 0 Å². The average Bonchev–Trinajstić information content (AvgIpc) is 3.34. The number of likely N-dealkylation sites (tertiary alicyclic amines) is 1. The Balaban J connectivity index is 1.24. The van der Waals surface area contributed by atoms with Crippen molar-refractivity contribution in [3.63, 3.8) is 0 Å². The molecule has 0 bridgehead atoms. The smallest absolute Gasteiger partial charge is 0.106 e. The third-order valence-electron chi connectivity index (χ3n) is 5.69. The second-order valence-corrected chi connectivity index (χ2v) is 7.84. The maximum Gasteiger partial charge on any atom is 0.106 e. The van der Waals surface area contributed by atoms with Crippen molar-refractivity contribution in [2.45, 2.75) is 64.2 Å². The Morgan fingerprint density at radius 3 is 2.88 bits per heavy atom. The topological polar surface area (TPSA) is 54.0 Å². The quantitative estimate of drug-likeness (QED) is 0.823. The van der Waals surface area contributed by atoms with Gasteiger partial charge in [-0.1, -0.05) is 31.7 Å². The summed E-state index contributed by atoms with van der Waals surface area (Å²) < 4.78 is 6.10. The van der Waals surface area contributed by atoms with Crippen molar-refractivity contribution in [3.05, 3.63) is 47.8 Å². The number of nitrogens with zero attached hydrogens (tertiary/aromatic N) is 3. The summed E-state index contributed by atoms with van der Waals surface area (Å²) in [7, 11) is 0. The average molecular weight is 354 g/mol. The van der Waals surface area contributed by atoms with Gasteiger partial charge >= 0.3 is 0 Å². The number of rotatable bonds is 7. The van der Waals surface area contributed by atoms with Crippen LogP contribution in [0.15, 0.2) is 30.6 Å². The molecule has 2 aromatic heterocycles. The molecule has 1 aliphatic carbocycles. The van der Waals surface area contributed by atoms with Gasteiger partial charge in [-0.05, 0) is 37.4 Å². The van der Waals surface area contributed by atoms with Gasteiger partial charge in [0.25, 0.3) is 0 Å². The minimum Gasteiger partial charge on any atom is -0.371 e. The van der Waals surface area contributed by atoms with Crippen LogP contribution in [0.5, 0.6) is 0 Å². The predicted molar refractivity (Wildman–Crippen MR) is 102 cm³/mol. The molecule has 4 rings (SSSR count). The Bertz CT molecular complexity index is 666. The van der Waals surface area contributed by atoms with Gasteiger partial charge < -0.3 is 9.72 Å². The van der Waals surface area contributed by atoms with Gasteiger partial charge in [-0.3, -0.25) is 9.88 Å². The summed E-state index contributed by atoms with van der Waals surface area (Å²) in [5, 5.41) is 0. The fourth-order valence-corrected chi connectivity index (χ4v) is 4.30. The monoisotopic (exact) mass is 354 g/mol. The maximum atomic E-state index is 6.10. The van der Waals surface area contributed by atoms with Crippen LogP contribution in [0.2, 0.25) is 0 Å². The Morgan fingerprint density at radius 1 is 1.12 bits per heavy atom. The summed E-state index contributed by atoms with van der Waals surface area (Å²) in [4.78, 5) is 15.0. The lowest BCUT2D eigenvalue weighted by molar-refractivity contribution is -0.0135. The molecule has 3 heterocycles. The lowest BCUT2D eigenvalue weighted by atomic mass is 10.0. The molecule has 0 radical (unpaired) electrons. The zero-order valence-electron chi connectivity index (χ0n) is 15.6. The van der Waals surface area contributed by atoms with Crippen LogP contribution in [0.3, 0.4) is 0 Å². The molecule has 0 spiro atoms. The molecule has 2 aromatic rings. The summed E-state index contributed by atoms with van der Waals surface area (Å²) in [5.74, 6) is 2.01. The molecule has 0 unspecified atom stereocenters. The summed E-state index contributed by atoms with van der Waals surface area (Å²) >= 11 is 0. The first kappa shape index (κ1) is 17.7. The van der Waals surface area contributed by atoms with Gasteiger partial charge in [-0.15, -0.1) is 0 Å². The van der Waals surface area contributed by atoms with Gasteiger partial charge in [0.15, 0.2) is 0 Å². The number of aromatic nitrogens is 3. The number of hydrogen-bond acceptors (Lipinski definition) is 4. The van der Waals surface area contributed by atoms with E-state index in [0.29, 0.717) is 12.7 Å². The Kier molecular flexibility index (Phi) is 5.97. The van der Waals surface area contributed by atoms with Crippen LogP contribution in [0, 0.1) is 5.92 Å². The molecule has 1 atom stereocenters. The van der Waals surface area contributed by atoms with Crippen molar-refractivity contribution in [1.82, 2.24) is 19.9 Å². The minimum absolute atomic E-state index is 0.298. The van der Waals surface area contributed by atoms with E-state index in [4.69, 9.17) is 4.74 Å². The zero-order valence-corrected chi connectivity index (χ0v) is 15.6. The minimum atomic E-state index is 0.298. The highest BCUT2D eigenvalue weighted by atomic mass is 16.5. The third kappa shape index (κ3) is 4.92. The molecule has 5 heteroatoms. The van der Waals surface area contributed by atoms with Gasteiger partial charge in [0.2, 0.25) is 0 Å². The number of hydrogen-bond donors (Lipinski definition) is 1. The maximum absolute atomic E-state index is 6.10. The van der Waals surface area contributed by atoms with E-state index in [0.717, 1.165) is 44.1 Å². The van der Waals surface area contributed by atoms with E-state index < -0.39 is 0 Å². The molecule has 1 N–H and O–H groups in total. The zero-order chi connectivity index (χ0) is 17.6. The van der Waals surface area contributed by atoms with Crippen molar-refractivity contribution in [2.75, 3.05) is 13.1 Å². The third-order valence-corrected chi connectivity index (χ3v) is 5.69. The number of nitrogens with one attached hydrogen (secondary N) is 1. The fraction of sp³-hybridized carbons (Fsp3) is 0.619. The number of piperidine rings is 1.